The van der Waals surface area contributed by atoms with Crippen molar-refractivity contribution in [2.24, 2.45) is 0 Å². The van der Waals surface area contributed by atoms with E-state index in [9.17, 15) is 14.9 Å². The molecule has 0 saturated heterocycles. The van der Waals surface area contributed by atoms with Gasteiger partial charge in [-0.1, -0.05) is 15.9 Å². The number of nitro benzene ring substituents is 1. The standard InChI is InChI=1S/C15H10Br2N2O3/c16-11-4-7-14(13(17)9-11)18-15(20)8-3-10-1-5-12(6-2-10)19(21)22/h1-9H,(H,18,20)/b8-3+. The number of nitrogens with zero attached hydrogens (tertiary/aromatic N) is 1. The van der Waals surface area contributed by atoms with Gasteiger partial charge in [-0.2, -0.15) is 0 Å². The van der Waals surface area contributed by atoms with Crippen molar-refractivity contribution in [1.29, 1.82) is 0 Å². The average molecular weight is 426 g/mol. The van der Waals surface area contributed by atoms with Crippen LogP contribution in [0.3, 0.4) is 0 Å². The quantitative estimate of drug-likeness (QED) is 0.435. The highest BCUT2D eigenvalue weighted by Gasteiger charge is 2.04. The molecule has 0 aliphatic carbocycles. The molecular weight excluding hydrogens is 416 g/mol. The lowest BCUT2D eigenvalue weighted by Gasteiger charge is -2.05. The molecule has 0 aliphatic heterocycles. The van der Waals surface area contributed by atoms with E-state index in [0.717, 1.165) is 8.95 Å². The highest BCUT2D eigenvalue weighted by Crippen LogP contribution is 2.26. The largest absolute Gasteiger partial charge is 0.321 e. The van der Waals surface area contributed by atoms with Gasteiger partial charge >= 0.3 is 0 Å². The lowest BCUT2D eigenvalue weighted by molar-refractivity contribution is -0.384. The lowest BCUT2D eigenvalue weighted by Crippen LogP contribution is -2.08. The third-order valence-electron chi connectivity index (χ3n) is 2.72. The SMILES string of the molecule is O=C(/C=C/c1ccc([N+](=O)[O-])cc1)Nc1ccc(Br)cc1Br. The van der Waals surface area contributed by atoms with Crippen LogP contribution in [0.5, 0.6) is 0 Å². The van der Waals surface area contributed by atoms with Gasteiger partial charge in [0.2, 0.25) is 5.91 Å². The van der Waals surface area contributed by atoms with E-state index < -0.39 is 4.92 Å². The number of amides is 1. The summed E-state index contributed by atoms with van der Waals surface area (Å²) in [5, 5.41) is 13.3. The fourth-order valence-corrected chi connectivity index (χ4v) is 2.79. The molecule has 0 radical (unpaired) electrons. The van der Waals surface area contributed by atoms with E-state index in [0.29, 0.717) is 11.3 Å². The van der Waals surface area contributed by atoms with Crippen molar-refractivity contribution in [2.45, 2.75) is 0 Å². The molecule has 5 nitrogen and oxygen atoms in total. The predicted molar refractivity (Wildman–Crippen MR) is 92.6 cm³/mol. The fraction of sp³-hybridized carbons (Fsp3) is 0. The minimum absolute atomic E-state index is 0.0143. The Hall–Kier alpha value is -1.99. The van der Waals surface area contributed by atoms with Gasteiger partial charge in [-0.3, -0.25) is 14.9 Å². The second-order valence-electron chi connectivity index (χ2n) is 4.30. The van der Waals surface area contributed by atoms with Gasteiger partial charge < -0.3 is 5.32 Å². The van der Waals surface area contributed by atoms with Gasteiger partial charge in [-0.25, -0.2) is 0 Å². The molecule has 0 spiro atoms. The summed E-state index contributed by atoms with van der Waals surface area (Å²) in [6.07, 6.45) is 2.96. The Bertz CT molecular complexity index is 743. The summed E-state index contributed by atoms with van der Waals surface area (Å²) in [5.41, 5.74) is 1.37. The third-order valence-corrected chi connectivity index (χ3v) is 3.87. The molecule has 0 aromatic heterocycles. The Morgan fingerprint density at radius 2 is 1.82 bits per heavy atom. The molecule has 0 atom stereocenters. The molecular formula is C15H10Br2N2O3. The molecule has 2 rings (SSSR count). The van der Waals surface area contributed by atoms with Crippen molar-refractivity contribution in [3.05, 3.63) is 73.2 Å². The summed E-state index contributed by atoms with van der Waals surface area (Å²) >= 11 is 6.70. The summed E-state index contributed by atoms with van der Waals surface area (Å²) in [7, 11) is 0. The zero-order chi connectivity index (χ0) is 16.1. The molecule has 0 saturated carbocycles. The Morgan fingerprint density at radius 3 is 2.41 bits per heavy atom. The van der Waals surface area contributed by atoms with Crippen LogP contribution in [0.4, 0.5) is 11.4 Å². The number of halogens is 2. The van der Waals surface area contributed by atoms with E-state index in [1.54, 1.807) is 24.3 Å². The molecule has 0 bridgehead atoms. The number of nitro groups is 1. The van der Waals surface area contributed by atoms with E-state index in [1.165, 1.54) is 18.2 Å². The Morgan fingerprint density at radius 1 is 1.14 bits per heavy atom. The molecule has 112 valence electrons. The zero-order valence-corrected chi connectivity index (χ0v) is 14.3. The van der Waals surface area contributed by atoms with Crippen molar-refractivity contribution in [2.75, 3.05) is 5.32 Å². The van der Waals surface area contributed by atoms with Crippen LogP contribution in [0.2, 0.25) is 0 Å². The first-order valence-corrected chi connectivity index (χ1v) is 7.73. The normalized spacial score (nSPS) is 10.6. The van der Waals surface area contributed by atoms with Gasteiger partial charge in [-0.05, 0) is 57.9 Å². The molecule has 2 aromatic carbocycles. The van der Waals surface area contributed by atoms with E-state index in [4.69, 9.17) is 0 Å². The molecule has 7 heteroatoms. The number of non-ortho nitro benzene ring substituents is 1. The second kappa shape index (κ2) is 7.33. The van der Waals surface area contributed by atoms with Crippen LogP contribution in [0.1, 0.15) is 5.56 Å². The van der Waals surface area contributed by atoms with Crippen LogP contribution >= 0.6 is 31.9 Å². The summed E-state index contributed by atoms with van der Waals surface area (Å²) in [5.74, 6) is -0.290. The Kier molecular flexibility index (Phi) is 5.46. The number of anilines is 1. The molecule has 2 aromatic rings. The second-order valence-corrected chi connectivity index (χ2v) is 6.07. The van der Waals surface area contributed by atoms with Crippen LogP contribution in [-0.2, 0) is 4.79 Å². The van der Waals surface area contributed by atoms with Crippen LogP contribution in [-0.4, -0.2) is 10.8 Å². The molecule has 0 heterocycles. The van der Waals surface area contributed by atoms with Crippen LogP contribution < -0.4 is 5.32 Å². The number of benzene rings is 2. The third kappa shape index (κ3) is 4.51. The fourth-order valence-electron chi connectivity index (χ4n) is 1.64. The molecule has 1 amide bonds. The number of nitrogens with one attached hydrogen (secondary N) is 1. The number of hydrogen-bond donors (Lipinski definition) is 1. The summed E-state index contributed by atoms with van der Waals surface area (Å²) in [6.45, 7) is 0. The molecule has 22 heavy (non-hydrogen) atoms. The maximum Gasteiger partial charge on any atom is 0.269 e. The summed E-state index contributed by atoms with van der Waals surface area (Å²) in [4.78, 5) is 21.9. The van der Waals surface area contributed by atoms with Crippen LogP contribution in [0, 0.1) is 10.1 Å². The van der Waals surface area contributed by atoms with Crippen LogP contribution in [0.15, 0.2) is 57.5 Å². The number of rotatable bonds is 4. The van der Waals surface area contributed by atoms with Crippen molar-refractivity contribution in [1.82, 2.24) is 0 Å². The molecule has 1 N–H and O–H groups in total. The Labute approximate surface area is 143 Å². The van der Waals surface area contributed by atoms with Crippen molar-refractivity contribution < 1.29 is 9.72 Å². The number of carbonyl (C=O) groups is 1. The van der Waals surface area contributed by atoms with E-state index >= 15 is 0 Å². The highest BCUT2D eigenvalue weighted by molar-refractivity contribution is 9.11. The summed E-state index contributed by atoms with van der Waals surface area (Å²) in [6, 6.07) is 11.4. The molecule has 0 fully saturated rings. The van der Waals surface area contributed by atoms with E-state index in [2.05, 4.69) is 37.2 Å². The monoisotopic (exact) mass is 424 g/mol. The molecule has 0 aliphatic rings. The minimum Gasteiger partial charge on any atom is -0.321 e. The predicted octanol–water partition coefficient (Wildman–Crippen LogP) is 4.77. The van der Waals surface area contributed by atoms with Gasteiger partial charge in [0.05, 0.1) is 10.6 Å². The Balaban J connectivity index is 2.03. The van der Waals surface area contributed by atoms with Gasteiger partial charge in [0.25, 0.3) is 5.69 Å². The zero-order valence-electron chi connectivity index (χ0n) is 11.1. The maximum absolute atomic E-state index is 11.9. The van der Waals surface area contributed by atoms with Gasteiger partial charge in [0.1, 0.15) is 0 Å². The molecule has 0 unspecified atom stereocenters. The first kappa shape index (κ1) is 16.4. The van der Waals surface area contributed by atoms with Crippen molar-refractivity contribution in [3.63, 3.8) is 0 Å². The summed E-state index contributed by atoms with van der Waals surface area (Å²) < 4.78 is 1.66. The lowest BCUT2D eigenvalue weighted by atomic mass is 10.2. The van der Waals surface area contributed by atoms with Crippen LogP contribution in [0.25, 0.3) is 6.08 Å². The maximum atomic E-state index is 11.9. The van der Waals surface area contributed by atoms with Gasteiger partial charge in [0.15, 0.2) is 0 Å². The topological polar surface area (TPSA) is 72.2 Å². The number of hydrogen-bond acceptors (Lipinski definition) is 3. The van der Waals surface area contributed by atoms with Gasteiger partial charge in [-0.15, -0.1) is 0 Å². The van der Waals surface area contributed by atoms with E-state index in [-0.39, 0.29) is 11.6 Å². The van der Waals surface area contributed by atoms with E-state index in [1.807, 2.05) is 12.1 Å². The van der Waals surface area contributed by atoms with Crippen molar-refractivity contribution >= 4 is 55.2 Å². The minimum atomic E-state index is -0.467. The van der Waals surface area contributed by atoms with Crippen molar-refractivity contribution in [3.8, 4) is 0 Å². The number of carbonyl (C=O) groups excluding carboxylic acids is 1. The first-order valence-electron chi connectivity index (χ1n) is 6.14. The first-order chi connectivity index (χ1) is 10.5. The smallest absolute Gasteiger partial charge is 0.269 e. The highest BCUT2D eigenvalue weighted by atomic mass is 79.9. The average Bonchev–Trinajstić information content (AvgIpc) is 2.48. The van der Waals surface area contributed by atoms with Gasteiger partial charge in [0, 0.05) is 27.2 Å².